The molecule has 1 aliphatic carbocycles. The summed E-state index contributed by atoms with van der Waals surface area (Å²) in [6.07, 6.45) is 4.48. The van der Waals surface area contributed by atoms with E-state index in [9.17, 15) is 5.26 Å². The molecule has 1 aliphatic heterocycles. The number of nitrogens with one attached hydrogen (secondary N) is 2. The van der Waals surface area contributed by atoms with E-state index in [0.717, 1.165) is 44.0 Å². The molecule has 1 unspecified atom stereocenters. The van der Waals surface area contributed by atoms with E-state index in [1.54, 1.807) is 0 Å². The molecule has 0 bridgehead atoms. The van der Waals surface area contributed by atoms with Crippen LogP contribution < -0.4 is 10.6 Å². The van der Waals surface area contributed by atoms with Gasteiger partial charge in [-0.3, -0.25) is 0 Å². The van der Waals surface area contributed by atoms with Crippen LogP contribution in [0.1, 0.15) is 29.7 Å². The molecule has 1 aromatic heterocycles. The van der Waals surface area contributed by atoms with Crippen LogP contribution >= 0.6 is 0 Å². The molecule has 1 aromatic rings. The number of rotatable bonds is 3. The van der Waals surface area contributed by atoms with Gasteiger partial charge in [0, 0.05) is 24.8 Å². The van der Waals surface area contributed by atoms with Gasteiger partial charge in [0.25, 0.3) is 0 Å². The molecule has 1 saturated heterocycles. The number of hydrogen-bond acceptors (Lipinski definition) is 5. The Morgan fingerprint density at radius 3 is 3.15 bits per heavy atom. The van der Waals surface area contributed by atoms with Crippen LogP contribution in [0, 0.1) is 11.3 Å². The quantitative estimate of drug-likeness (QED) is 0.866. The first-order valence-corrected chi connectivity index (χ1v) is 7.34. The van der Waals surface area contributed by atoms with Crippen molar-refractivity contribution in [2.75, 3.05) is 31.6 Å². The van der Waals surface area contributed by atoms with E-state index in [1.807, 2.05) is 6.07 Å². The molecule has 5 nitrogen and oxygen atoms in total. The average Bonchev–Trinajstić information content (AvgIpc) is 2.53. The van der Waals surface area contributed by atoms with Gasteiger partial charge >= 0.3 is 0 Å². The Labute approximate surface area is 119 Å². The summed E-state index contributed by atoms with van der Waals surface area (Å²) in [5, 5.41) is 16.0. The molecular weight excluding hydrogens is 252 g/mol. The molecule has 2 aliphatic rings. The Morgan fingerprint density at radius 1 is 1.45 bits per heavy atom. The molecule has 0 radical (unpaired) electrons. The minimum absolute atomic E-state index is 0.285. The van der Waals surface area contributed by atoms with Crippen LogP contribution in [0.2, 0.25) is 0 Å². The smallest absolute Gasteiger partial charge is 0.144 e. The molecular formula is C15H20N4O. The minimum atomic E-state index is 0.285. The first-order valence-electron chi connectivity index (χ1n) is 7.34. The fourth-order valence-corrected chi connectivity index (χ4v) is 2.82. The van der Waals surface area contributed by atoms with E-state index in [1.165, 1.54) is 18.4 Å². The highest BCUT2D eigenvalue weighted by molar-refractivity contribution is 5.54. The molecule has 0 aromatic carbocycles. The number of ether oxygens (including phenoxy) is 1. The SMILES string of the molecule is N#Cc1cc2c(nc1NCC1COCCN1)CCCC2. The fourth-order valence-electron chi connectivity index (χ4n) is 2.82. The van der Waals surface area contributed by atoms with Crippen molar-refractivity contribution >= 4 is 5.82 Å². The molecule has 20 heavy (non-hydrogen) atoms. The second-order valence-corrected chi connectivity index (χ2v) is 5.42. The van der Waals surface area contributed by atoms with Gasteiger partial charge in [-0.25, -0.2) is 4.98 Å². The van der Waals surface area contributed by atoms with Crippen LogP contribution in [0.25, 0.3) is 0 Å². The Bertz CT molecular complexity index is 517. The number of aryl methyl sites for hydroxylation is 2. The highest BCUT2D eigenvalue weighted by Crippen LogP contribution is 2.24. The van der Waals surface area contributed by atoms with Gasteiger partial charge in [-0.05, 0) is 37.3 Å². The van der Waals surface area contributed by atoms with Crippen LogP contribution in [-0.2, 0) is 17.6 Å². The maximum absolute atomic E-state index is 9.29. The number of morpholine rings is 1. The van der Waals surface area contributed by atoms with Gasteiger partial charge in [0.1, 0.15) is 11.9 Å². The molecule has 5 heteroatoms. The number of pyridine rings is 1. The molecule has 0 saturated carbocycles. The summed E-state index contributed by atoms with van der Waals surface area (Å²) >= 11 is 0. The number of fused-ring (bicyclic) bond motifs is 1. The zero-order valence-corrected chi connectivity index (χ0v) is 11.6. The van der Waals surface area contributed by atoms with Crippen LogP contribution in [0.5, 0.6) is 0 Å². The highest BCUT2D eigenvalue weighted by atomic mass is 16.5. The number of nitriles is 1. The lowest BCUT2D eigenvalue weighted by Gasteiger charge is -2.25. The topological polar surface area (TPSA) is 70.0 Å². The monoisotopic (exact) mass is 272 g/mol. The third kappa shape index (κ3) is 2.92. The third-order valence-electron chi connectivity index (χ3n) is 3.94. The highest BCUT2D eigenvalue weighted by Gasteiger charge is 2.17. The van der Waals surface area contributed by atoms with Crippen molar-refractivity contribution in [3.63, 3.8) is 0 Å². The Hall–Kier alpha value is -1.64. The van der Waals surface area contributed by atoms with Crippen LogP contribution in [-0.4, -0.2) is 37.3 Å². The molecule has 0 amide bonds. The van der Waals surface area contributed by atoms with Gasteiger partial charge < -0.3 is 15.4 Å². The fraction of sp³-hybridized carbons (Fsp3) is 0.600. The zero-order chi connectivity index (χ0) is 13.8. The summed E-state index contributed by atoms with van der Waals surface area (Å²) in [6.45, 7) is 3.10. The first kappa shape index (κ1) is 13.3. The Morgan fingerprint density at radius 2 is 2.35 bits per heavy atom. The first-order chi connectivity index (χ1) is 9.86. The largest absolute Gasteiger partial charge is 0.378 e. The Balaban J connectivity index is 1.72. The molecule has 1 atom stereocenters. The lowest BCUT2D eigenvalue weighted by atomic mass is 9.95. The van der Waals surface area contributed by atoms with Crippen molar-refractivity contribution in [2.24, 2.45) is 0 Å². The minimum Gasteiger partial charge on any atom is -0.378 e. The van der Waals surface area contributed by atoms with Crippen molar-refractivity contribution in [3.8, 4) is 6.07 Å². The molecule has 0 spiro atoms. The maximum Gasteiger partial charge on any atom is 0.144 e. The summed E-state index contributed by atoms with van der Waals surface area (Å²) in [5.74, 6) is 0.723. The summed E-state index contributed by atoms with van der Waals surface area (Å²) in [6, 6.07) is 4.55. The van der Waals surface area contributed by atoms with Gasteiger partial charge in [0.05, 0.1) is 18.8 Å². The van der Waals surface area contributed by atoms with Gasteiger partial charge in [-0.2, -0.15) is 5.26 Å². The zero-order valence-electron chi connectivity index (χ0n) is 11.6. The van der Waals surface area contributed by atoms with Crippen LogP contribution in [0.4, 0.5) is 5.82 Å². The molecule has 2 heterocycles. The standard InChI is InChI=1S/C15H20N4O/c16-8-12-7-11-3-1-2-4-14(11)19-15(12)18-9-13-10-20-6-5-17-13/h7,13,17H,1-6,9-10H2,(H,18,19). The van der Waals surface area contributed by atoms with E-state index >= 15 is 0 Å². The van der Waals surface area contributed by atoms with E-state index in [2.05, 4.69) is 21.7 Å². The molecule has 3 rings (SSSR count). The van der Waals surface area contributed by atoms with E-state index in [-0.39, 0.29) is 6.04 Å². The van der Waals surface area contributed by atoms with Crippen molar-refractivity contribution in [3.05, 3.63) is 22.9 Å². The van der Waals surface area contributed by atoms with Gasteiger partial charge in [0.2, 0.25) is 0 Å². The summed E-state index contributed by atoms with van der Waals surface area (Å²) in [5.41, 5.74) is 3.06. The van der Waals surface area contributed by atoms with Crippen LogP contribution in [0.15, 0.2) is 6.07 Å². The predicted octanol–water partition coefficient (Wildman–Crippen LogP) is 1.23. The lowest BCUT2D eigenvalue weighted by Crippen LogP contribution is -2.45. The lowest BCUT2D eigenvalue weighted by molar-refractivity contribution is 0.0806. The van der Waals surface area contributed by atoms with E-state index < -0.39 is 0 Å². The molecule has 2 N–H and O–H groups in total. The van der Waals surface area contributed by atoms with E-state index in [0.29, 0.717) is 12.2 Å². The van der Waals surface area contributed by atoms with Crippen molar-refractivity contribution in [2.45, 2.75) is 31.7 Å². The Kier molecular flexibility index (Phi) is 4.14. The number of hydrogen-bond donors (Lipinski definition) is 2. The molecule has 1 fully saturated rings. The maximum atomic E-state index is 9.29. The second-order valence-electron chi connectivity index (χ2n) is 5.42. The summed E-state index contributed by atoms with van der Waals surface area (Å²) in [7, 11) is 0. The van der Waals surface area contributed by atoms with Gasteiger partial charge in [0.15, 0.2) is 0 Å². The number of anilines is 1. The van der Waals surface area contributed by atoms with Crippen LogP contribution in [0.3, 0.4) is 0 Å². The predicted molar refractivity (Wildman–Crippen MR) is 76.7 cm³/mol. The molecule has 106 valence electrons. The van der Waals surface area contributed by atoms with Crippen molar-refractivity contribution in [1.29, 1.82) is 5.26 Å². The average molecular weight is 272 g/mol. The summed E-state index contributed by atoms with van der Waals surface area (Å²) < 4.78 is 5.43. The van der Waals surface area contributed by atoms with Crippen molar-refractivity contribution in [1.82, 2.24) is 10.3 Å². The van der Waals surface area contributed by atoms with Crippen molar-refractivity contribution < 1.29 is 4.74 Å². The third-order valence-corrected chi connectivity index (χ3v) is 3.94. The van der Waals surface area contributed by atoms with Gasteiger partial charge in [-0.1, -0.05) is 0 Å². The second kappa shape index (κ2) is 6.21. The normalized spacial score (nSPS) is 21.9. The van der Waals surface area contributed by atoms with E-state index in [4.69, 9.17) is 4.74 Å². The van der Waals surface area contributed by atoms with Gasteiger partial charge in [-0.15, -0.1) is 0 Å². The summed E-state index contributed by atoms with van der Waals surface area (Å²) in [4.78, 5) is 4.67. The number of aromatic nitrogens is 1. The number of nitrogens with zero attached hydrogens (tertiary/aromatic N) is 2.